The topological polar surface area (TPSA) is 32.7 Å². The van der Waals surface area contributed by atoms with Crippen LogP contribution in [0.4, 0.5) is 13.2 Å². The average molecular weight is 303 g/mol. The van der Waals surface area contributed by atoms with Crippen LogP contribution < -0.4 is 4.74 Å². The van der Waals surface area contributed by atoms with Gasteiger partial charge in [0.1, 0.15) is 5.75 Å². The molecule has 1 aliphatic heterocycles. The van der Waals surface area contributed by atoms with E-state index in [0.29, 0.717) is 12.5 Å². The summed E-state index contributed by atoms with van der Waals surface area (Å²) in [6, 6.07) is 6.79. The molecule has 1 fully saturated rings. The summed E-state index contributed by atoms with van der Waals surface area (Å²) in [6.07, 6.45) is -2.40. The predicted octanol–water partition coefficient (Wildman–Crippen LogP) is 2.83. The zero-order valence-electron chi connectivity index (χ0n) is 11.8. The van der Waals surface area contributed by atoms with Gasteiger partial charge in [-0.05, 0) is 49.5 Å². The number of benzene rings is 1. The lowest BCUT2D eigenvalue weighted by Gasteiger charge is -2.31. The number of aliphatic hydroxyl groups excluding tert-OH is 1. The predicted molar refractivity (Wildman–Crippen MR) is 73.1 cm³/mol. The van der Waals surface area contributed by atoms with Gasteiger partial charge >= 0.3 is 6.18 Å². The molecule has 0 aliphatic carbocycles. The van der Waals surface area contributed by atoms with Crippen molar-refractivity contribution in [2.24, 2.45) is 5.92 Å². The molecule has 0 atom stereocenters. The maximum Gasteiger partial charge on any atom is 0.422 e. The van der Waals surface area contributed by atoms with Crippen molar-refractivity contribution in [1.29, 1.82) is 0 Å². The van der Waals surface area contributed by atoms with Crippen LogP contribution in [0.15, 0.2) is 24.3 Å². The van der Waals surface area contributed by atoms with Gasteiger partial charge in [-0.15, -0.1) is 0 Å². The number of ether oxygens (including phenoxy) is 1. The van der Waals surface area contributed by atoms with Crippen LogP contribution in [0.2, 0.25) is 0 Å². The van der Waals surface area contributed by atoms with E-state index in [0.717, 1.165) is 31.5 Å². The van der Waals surface area contributed by atoms with E-state index in [1.165, 1.54) is 6.07 Å². The smallest absolute Gasteiger partial charge is 0.422 e. The minimum atomic E-state index is -4.32. The van der Waals surface area contributed by atoms with Gasteiger partial charge < -0.3 is 9.84 Å². The standard InChI is InChI=1S/C15H20F3NO2/c16-15(17,18)11-21-14-3-1-2-13(8-14)9-19-6-4-12(10-20)5-7-19/h1-3,8,12,20H,4-7,9-11H2. The van der Waals surface area contributed by atoms with Gasteiger partial charge in [0.05, 0.1) is 0 Å². The van der Waals surface area contributed by atoms with Crippen molar-refractivity contribution in [3.05, 3.63) is 29.8 Å². The van der Waals surface area contributed by atoms with E-state index in [9.17, 15) is 13.2 Å². The Balaban J connectivity index is 1.86. The lowest BCUT2D eigenvalue weighted by atomic mass is 9.97. The number of likely N-dealkylation sites (tertiary alicyclic amines) is 1. The highest BCUT2D eigenvalue weighted by atomic mass is 19.4. The van der Waals surface area contributed by atoms with E-state index >= 15 is 0 Å². The molecule has 0 saturated carbocycles. The molecule has 1 aromatic rings. The summed E-state index contributed by atoms with van der Waals surface area (Å²) in [5, 5.41) is 9.10. The second kappa shape index (κ2) is 7.13. The number of hydrogen-bond acceptors (Lipinski definition) is 3. The van der Waals surface area contributed by atoms with Gasteiger partial charge in [0, 0.05) is 13.2 Å². The molecular formula is C15H20F3NO2. The Kier molecular flexibility index (Phi) is 5.47. The van der Waals surface area contributed by atoms with E-state index in [2.05, 4.69) is 4.90 Å². The summed E-state index contributed by atoms with van der Waals surface area (Å²) < 4.78 is 41.2. The maximum atomic E-state index is 12.1. The second-order valence-electron chi connectivity index (χ2n) is 5.45. The van der Waals surface area contributed by atoms with Gasteiger partial charge in [-0.3, -0.25) is 4.90 Å². The third-order valence-electron chi connectivity index (χ3n) is 3.67. The van der Waals surface area contributed by atoms with Gasteiger partial charge in [0.2, 0.25) is 0 Å². The molecule has 6 heteroatoms. The van der Waals surface area contributed by atoms with E-state index in [4.69, 9.17) is 9.84 Å². The molecule has 3 nitrogen and oxygen atoms in total. The van der Waals surface area contributed by atoms with Gasteiger partial charge in [-0.1, -0.05) is 12.1 Å². The summed E-state index contributed by atoms with van der Waals surface area (Å²) in [6.45, 7) is 1.46. The fourth-order valence-corrected chi connectivity index (χ4v) is 2.48. The Hall–Kier alpha value is -1.27. The molecular weight excluding hydrogens is 283 g/mol. The number of hydrogen-bond donors (Lipinski definition) is 1. The average Bonchev–Trinajstić information content (AvgIpc) is 2.46. The van der Waals surface area contributed by atoms with Crippen LogP contribution in [0.1, 0.15) is 18.4 Å². The fraction of sp³-hybridized carbons (Fsp3) is 0.600. The van der Waals surface area contributed by atoms with Gasteiger partial charge in [-0.25, -0.2) is 0 Å². The normalized spacial score (nSPS) is 17.9. The minimum absolute atomic E-state index is 0.231. The molecule has 0 aromatic heterocycles. The van der Waals surface area contributed by atoms with Gasteiger partial charge in [-0.2, -0.15) is 13.2 Å². The Labute approximate surface area is 122 Å². The summed E-state index contributed by atoms with van der Waals surface area (Å²) >= 11 is 0. The van der Waals surface area contributed by atoms with Crippen molar-refractivity contribution in [2.75, 3.05) is 26.3 Å². The molecule has 0 unspecified atom stereocenters. The van der Waals surface area contributed by atoms with E-state index in [1.54, 1.807) is 12.1 Å². The monoisotopic (exact) mass is 303 g/mol. The van der Waals surface area contributed by atoms with Crippen LogP contribution in [0.5, 0.6) is 5.75 Å². The number of nitrogens with zero attached hydrogens (tertiary/aromatic N) is 1. The molecule has 0 spiro atoms. The minimum Gasteiger partial charge on any atom is -0.484 e. The van der Waals surface area contributed by atoms with Crippen LogP contribution in [-0.4, -0.2) is 42.5 Å². The quantitative estimate of drug-likeness (QED) is 0.908. The molecule has 1 aliphatic rings. The molecule has 2 rings (SSSR count). The van der Waals surface area contributed by atoms with Crippen LogP contribution in [-0.2, 0) is 6.54 Å². The SMILES string of the molecule is OCC1CCN(Cc2cccc(OCC(F)(F)F)c2)CC1. The largest absolute Gasteiger partial charge is 0.484 e. The van der Waals surface area contributed by atoms with Crippen LogP contribution in [0.3, 0.4) is 0 Å². The first kappa shape index (κ1) is 16.1. The molecule has 1 saturated heterocycles. The number of rotatable bonds is 5. The van der Waals surface area contributed by atoms with Crippen LogP contribution in [0, 0.1) is 5.92 Å². The molecule has 1 N–H and O–H groups in total. The lowest BCUT2D eigenvalue weighted by Crippen LogP contribution is -2.34. The third-order valence-corrected chi connectivity index (χ3v) is 3.67. The molecule has 21 heavy (non-hydrogen) atoms. The molecule has 1 aromatic carbocycles. The highest BCUT2D eigenvalue weighted by Gasteiger charge is 2.28. The summed E-state index contributed by atoms with van der Waals surface area (Å²) in [4.78, 5) is 2.25. The summed E-state index contributed by atoms with van der Waals surface area (Å²) in [5.41, 5.74) is 0.942. The van der Waals surface area contributed by atoms with Crippen molar-refractivity contribution < 1.29 is 23.0 Å². The van der Waals surface area contributed by atoms with Crippen LogP contribution in [0.25, 0.3) is 0 Å². The molecule has 0 amide bonds. The second-order valence-corrected chi connectivity index (χ2v) is 5.45. The Bertz CT molecular complexity index is 443. The number of alkyl halides is 3. The van der Waals surface area contributed by atoms with E-state index in [1.807, 2.05) is 6.07 Å². The van der Waals surface area contributed by atoms with Crippen molar-refractivity contribution in [3.63, 3.8) is 0 Å². The van der Waals surface area contributed by atoms with Gasteiger partial charge in [0.25, 0.3) is 0 Å². The summed E-state index contributed by atoms with van der Waals surface area (Å²) in [7, 11) is 0. The van der Waals surface area contributed by atoms with E-state index < -0.39 is 12.8 Å². The first-order valence-electron chi connectivity index (χ1n) is 7.08. The number of aliphatic hydroxyl groups is 1. The molecule has 1 heterocycles. The number of piperidine rings is 1. The molecule has 118 valence electrons. The Morgan fingerprint density at radius 1 is 1.24 bits per heavy atom. The zero-order chi connectivity index (χ0) is 15.3. The number of halogens is 3. The lowest BCUT2D eigenvalue weighted by molar-refractivity contribution is -0.153. The first-order chi connectivity index (χ1) is 9.96. The van der Waals surface area contributed by atoms with Crippen molar-refractivity contribution >= 4 is 0 Å². The fourth-order valence-electron chi connectivity index (χ4n) is 2.48. The third kappa shape index (κ3) is 5.55. The van der Waals surface area contributed by atoms with E-state index in [-0.39, 0.29) is 12.4 Å². The highest BCUT2D eigenvalue weighted by molar-refractivity contribution is 5.28. The first-order valence-corrected chi connectivity index (χ1v) is 7.08. The van der Waals surface area contributed by atoms with Crippen LogP contribution >= 0.6 is 0 Å². The molecule has 0 radical (unpaired) electrons. The van der Waals surface area contributed by atoms with Crippen molar-refractivity contribution in [1.82, 2.24) is 4.90 Å². The zero-order valence-corrected chi connectivity index (χ0v) is 11.8. The van der Waals surface area contributed by atoms with Gasteiger partial charge in [0.15, 0.2) is 6.61 Å². The molecule has 0 bridgehead atoms. The van der Waals surface area contributed by atoms with Crippen molar-refractivity contribution in [2.45, 2.75) is 25.6 Å². The Morgan fingerprint density at radius 3 is 2.57 bits per heavy atom. The Morgan fingerprint density at radius 2 is 1.95 bits per heavy atom. The van der Waals surface area contributed by atoms with Crippen molar-refractivity contribution in [3.8, 4) is 5.75 Å². The maximum absolute atomic E-state index is 12.1. The summed E-state index contributed by atoms with van der Waals surface area (Å²) in [5.74, 6) is 0.623. The highest BCUT2D eigenvalue weighted by Crippen LogP contribution is 2.22.